The number of nitrogens with one attached hydrogen (secondary N) is 1. The van der Waals surface area contributed by atoms with E-state index >= 15 is 0 Å². The summed E-state index contributed by atoms with van der Waals surface area (Å²) in [5.74, 6) is 0.657. The first kappa shape index (κ1) is 16.2. The summed E-state index contributed by atoms with van der Waals surface area (Å²) >= 11 is 1.42. The standard InChI is InChI=1S/C19H18N2O2S/c1-13-5-3-8-17(9-13)23-11-15-6-4-7-16(10-15)18(22)21-19-20-14(2)12-24-19/h3-10,12H,11H2,1-2H3,(H,20,21,22). The van der Waals surface area contributed by atoms with Crippen molar-refractivity contribution in [1.82, 2.24) is 4.98 Å². The number of aryl methyl sites for hydroxylation is 2. The Hall–Kier alpha value is -2.66. The number of aromatic nitrogens is 1. The molecule has 1 heterocycles. The fourth-order valence-electron chi connectivity index (χ4n) is 2.25. The Labute approximate surface area is 145 Å². The zero-order valence-corrected chi connectivity index (χ0v) is 14.4. The molecular weight excluding hydrogens is 320 g/mol. The second-order valence-corrected chi connectivity index (χ2v) is 6.41. The second kappa shape index (κ2) is 7.27. The maximum atomic E-state index is 12.3. The number of carbonyl (C=O) groups is 1. The van der Waals surface area contributed by atoms with Gasteiger partial charge in [0.2, 0.25) is 0 Å². The van der Waals surface area contributed by atoms with Crippen LogP contribution in [0.4, 0.5) is 5.13 Å². The fraction of sp³-hybridized carbons (Fsp3) is 0.158. The molecule has 1 amide bonds. The van der Waals surface area contributed by atoms with Gasteiger partial charge in [-0.3, -0.25) is 10.1 Å². The minimum Gasteiger partial charge on any atom is -0.489 e. The van der Waals surface area contributed by atoms with Crippen LogP contribution in [0.15, 0.2) is 53.9 Å². The van der Waals surface area contributed by atoms with Gasteiger partial charge in [0.05, 0.1) is 5.69 Å². The number of carbonyl (C=O) groups excluding carboxylic acids is 1. The third kappa shape index (κ3) is 4.20. The number of anilines is 1. The molecule has 0 saturated heterocycles. The predicted octanol–water partition coefficient (Wildman–Crippen LogP) is 4.59. The number of nitrogens with zero attached hydrogens (tertiary/aromatic N) is 1. The molecule has 5 heteroatoms. The maximum absolute atomic E-state index is 12.3. The normalized spacial score (nSPS) is 10.4. The van der Waals surface area contributed by atoms with Gasteiger partial charge in [-0.1, -0.05) is 24.3 Å². The second-order valence-electron chi connectivity index (χ2n) is 5.55. The molecule has 0 radical (unpaired) electrons. The molecule has 0 atom stereocenters. The summed E-state index contributed by atoms with van der Waals surface area (Å²) in [6, 6.07) is 15.3. The summed E-state index contributed by atoms with van der Waals surface area (Å²) < 4.78 is 5.79. The quantitative estimate of drug-likeness (QED) is 0.740. The van der Waals surface area contributed by atoms with Crippen LogP contribution in [-0.2, 0) is 6.61 Å². The molecule has 1 aromatic heterocycles. The van der Waals surface area contributed by atoms with E-state index in [2.05, 4.69) is 10.3 Å². The van der Waals surface area contributed by atoms with Crippen molar-refractivity contribution in [3.8, 4) is 5.75 Å². The van der Waals surface area contributed by atoms with Crippen LogP contribution in [-0.4, -0.2) is 10.9 Å². The van der Waals surface area contributed by atoms with Crippen LogP contribution in [0.25, 0.3) is 0 Å². The topological polar surface area (TPSA) is 51.2 Å². The van der Waals surface area contributed by atoms with E-state index in [1.54, 1.807) is 6.07 Å². The summed E-state index contributed by atoms with van der Waals surface area (Å²) in [6.07, 6.45) is 0. The molecule has 0 bridgehead atoms. The van der Waals surface area contributed by atoms with E-state index in [-0.39, 0.29) is 5.91 Å². The summed E-state index contributed by atoms with van der Waals surface area (Å²) in [5.41, 5.74) is 3.59. The lowest BCUT2D eigenvalue weighted by molar-refractivity contribution is 0.102. The number of ether oxygens (including phenoxy) is 1. The van der Waals surface area contributed by atoms with Crippen LogP contribution in [0.1, 0.15) is 27.2 Å². The molecule has 0 aliphatic heterocycles. The zero-order valence-electron chi connectivity index (χ0n) is 13.6. The number of hydrogen-bond donors (Lipinski definition) is 1. The molecule has 3 rings (SSSR count). The van der Waals surface area contributed by atoms with Gasteiger partial charge in [-0.15, -0.1) is 11.3 Å². The Morgan fingerprint density at radius 1 is 1.17 bits per heavy atom. The van der Waals surface area contributed by atoms with Crippen molar-refractivity contribution in [3.05, 3.63) is 76.3 Å². The van der Waals surface area contributed by atoms with Crippen LogP contribution in [0.3, 0.4) is 0 Å². The van der Waals surface area contributed by atoms with Crippen molar-refractivity contribution < 1.29 is 9.53 Å². The molecule has 4 nitrogen and oxygen atoms in total. The van der Waals surface area contributed by atoms with Gasteiger partial charge in [0.25, 0.3) is 5.91 Å². The third-order valence-corrected chi connectivity index (χ3v) is 4.30. The Morgan fingerprint density at radius 3 is 2.75 bits per heavy atom. The summed E-state index contributed by atoms with van der Waals surface area (Å²) in [6.45, 7) is 4.34. The molecule has 0 aliphatic rings. The lowest BCUT2D eigenvalue weighted by Crippen LogP contribution is -2.12. The minimum atomic E-state index is -0.165. The molecule has 1 N–H and O–H groups in total. The van der Waals surface area contributed by atoms with Gasteiger partial charge in [-0.05, 0) is 49.2 Å². The first-order chi connectivity index (χ1) is 11.6. The third-order valence-electron chi connectivity index (χ3n) is 3.42. The van der Waals surface area contributed by atoms with E-state index in [1.165, 1.54) is 11.3 Å². The summed E-state index contributed by atoms with van der Waals surface area (Å²) in [5, 5.41) is 5.33. The Balaban J connectivity index is 1.66. The van der Waals surface area contributed by atoms with Crippen molar-refractivity contribution in [1.29, 1.82) is 0 Å². The van der Waals surface area contributed by atoms with Crippen LogP contribution in [0, 0.1) is 13.8 Å². The van der Waals surface area contributed by atoms with Gasteiger partial charge >= 0.3 is 0 Å². The van der Waals surface area contributed by atoms with Gasteiger partial charge < -0.3 is 4.74 Å². The van der Waals surface area contributed by atoms with Crippen LogP contribution in [0.2, 0.25) is 0 Å². The van der Waals surface area contributed by atoms with Crippen molar-refractivity contribution in [2.75, 3.05) is 5.32 Å². The molecule has 0 saturated carbocycles. The molecule has 2 aromatic carbocycles. The van der Waals surface area contributed by atoms with Crippen LogP contribution >= 0.6 is 11.3 Å². The maximum Gasteiger partial charge on any atom is 0.257 e. The fourth-order valence-corrected chi connectivity index (χ4v) is 2.94. The molecule has 3 aromatic rings. The van der Waals surface area contributed by atoms with Crippen molar-refractivity contribution in [3.63, 3.8) is 0 Å². The van der Waals surface area contributed by atoms with Crippen molar-refractivity contribution >= 4 is 22.4 Å². The summed E-state index contributed by atoms with van der Waals surface area (Å²) in [7, 11) is 0. The summed E-state index contributed by atoms with van der Waals surface area (Å²) in [4.78, 5) is 16.6. The lowest BCUT2D eigenvalue weighted by Gasteiger charge is -2.08. The van der Waals surface area contributed by atoms with Crippen LogP contribution in [0.5, 0.6) is 5.75 Å². The number of hydrogen-bond acceptors (Lipinski definition) is 4. The monoisotopic (exact) mass is 338 g/mol. The Morgan fingerprint density at radius 2 is 2.00 bits per heavy atom. The van der Waals surface area contributed by atoms with E-state index in [0.717, 1.165) is 22.6 Å². The van der Waals surface area contributed by atoms with E-state index in [0.29, 0.717) is 17.3 Å². The molecule has 0 unspecified atom stereocenters. The molecule has 0 spiro atoms. The number of rotatable bonds is 5. The van der Waals surface area contributed by atoms with Gasteiger partial charge in [0.15, 0.2) is 5.13 Å². The Kier molecular flexibility index (Phi) is 4.91. The van der Waals surface area contributed by atoms with Crippen LogP contribution < -0.4 is 10.1 Å². The van der Waals surface area contributed by atoms with Crippen molar-refractivity contribution in [2.24, 2.45) is 0 Å². The smallest absolute Gasteiger partial charge is 0.257 e. The highest BCUT2D eigenvalue weighted by Gasteiger charge is 2.09. The number of amides is 1. The molecule has 0 fully saturated rings. The van der Waals surface area contributed by atoms with Gasteiger partial charge in [-0.25, -0.2) is 4.98 Å². The molecule has 24 heavy (non-hydrogen) atoms. The average Bonchev–Trinajstić information content (AvgIpc) is 2.98. The Bertz CT molecular complexity index is 858. The highest BCUT2D eigenvalue weighted by atomic mass is 32.1. The van der Waals surface area contributed by atoms with Crippen molar-refractivity contribution in [2.45, 2.75) is 20.5 Å². The first-order valence-electron chi connectivity index (χ1n) is 7.62. The van der Waals surface area contributed by atoms with Gasteiger partial charge in [0, 0.05) is 10.9 Å². The predicted molar refractivity (Wildman–Crippen MR) is 96.8 cm³/mol. The lowest BCUT2D eigenvalue weighted by atomic mass is 10.1. The van der Waals surface area contributed by atoms with E-state index < -0.39 is 0 Å². The number of benzene rings is 2. The highest BCUT2D eigenvalue weighted by Crippen LogP contribution is 2.17. The van der Waals surface area contributed by atoms with Gasteiger partial charge in [0.1, 0.15) is 12.4 Å². The molecular formula is C19H18N2O2S. The largest absolute Gasteiger partial charge is 0.489 e. The first-order valence-corrected chi connectivity index (χ1v) is 8.50. The van der Waals surface area contributed by atoms with E-state index in [4.69, 9.17) is 4.74 Å². The molecule has 122 valence electrons. The molecule has 0 aliphatic carbocycles. The van der Waals surface area contributed by atoms with Gasteiger partial charge in [-0.2, -0.15) is 0 Å². The minimum absolute atomic E-state index is 0.165. The zero-order chi connectivity index (χ0) is 16.9. The van der Waals surface area contributed by atoms with E-state index in [1.807, 2.05) is 61.7 Å². The highest BCUT2D eigenvalue weighted by molar-refractivity contribution is 7.13. The SMILES string of the molecule is Cc1cccc(OCc2cccc(C(=O)Nc3nc(C)cs3)c2)c1. The average molecular weight is 338 g/mol. The van der Waals surface area contributed by atoms with E-state index in [9.17, 15) is 4.79 Å². The number of thiazole rings is 1.